The third kappa shape index (κ3) is 4.47. The maximum atomic E-state index is 12.7. The van der Waals surface area contributed by atoms with E-state index in [0.717, 1.165) is 37.9 Å². The van der Waals surface area contributed by atoms with E-state index in [-0.39, 0.29) is 24.9 Å². The average molecular weight is 367 g/mol. The quantitative estimate of drug-likeness (QED) is 0.870. The molecule has 0 radical (unpaired) electrons. The summed E-state index contributed by atoms with van der Waals surface area (Å²) in [4.78, 5) is 14.7. The summed E-state index contributed by atoms with van der Waals surface area (Å²) in [6.07, 6.45) is 7.20. The van der Waals surface area contributed by atoms with Gasteiger partial charge in [-0.05, 0) is 50.4 Å². The number of rotatable bonds is 5. The highest BCUT2D eigenvalue weighted by Crippen LogP contribution is 2.30. The summed E-state index contributed by atoms with van der Waals surface area (Å²) in [7, 11) is 1.62. The van der Waals surface area contributed by atoms with Crippen molar-refractivity contribution in [1.82, 2.24) is 10.2 Å². The number of nitrogens with one attached hydrogen (secondary N) is 1. The van der Waals surface area contributed by atoms with E-state index in [1.165, 1.54) is 0 Å². The summed E-state index contributed by atoms with van der Waals surface area (Å²) in [5.74, 6) is 1.34. The highest BCUT2D eigenvalue weighted by atomic mass is 35.5. The highest BCUT2D eigenvalue weighted by molar-refractivity contribution is 5.85. The van der Waals surface area contributed by atoms with Crippen LogP contribution >= 0.6 is 12.4 Å². The number of nitrogens with zero attached hydrogens (tertiary/aromatic N) is 1. The maximum Gasteiger partial charge on any atom is 0.261 e. The number of carbonyl (C=O) groups is 1. The van der Waals surface area contributed by atoms with E-state index in [0.29, 0.717) is 23.6 Å². The lowest BCUT2D eigenvalue weighted by Crippen LogP contribution is -2.44. The molecule has 2 atom stereocenters. The van der Waals surface area contributed by atoms with Gasteiger partial charge in [-0.25, -0.2) is 0 Å². The minimum Gasteiger partial charge on any atom is -0.493 e. The van der Waals surface area contributed by atoms with Gasteiger partial charge in [0, 0.05) is 18.6 Å². The summed E-state index contributed by atoms with van der Waals surface area (Å²) in [6, 6.07) is 6.41. The standard InChI is InChI=1S/C19H26N2O3.ClH/c1-3-4-14-5-8-17(18(11-14)23-2)24-13-19(22)21-15-6-7-16(21)12-20-10-9-15;/h3-5,8,11,15-16,20H,6-7,9-10,12-13H2,1-2H3;1H/b4-3+;. The summed E-state index contributed by atoms with van der Waals surface area (Å²) in [6.45, 7) is 3.92. The van der Waals surface area contributed by atoms with Crippen LogP contribution in [0.25, 0.3) is 6.08 Å². The first-order valence-corrected chi connectivity index (χ1v) is 8.68. The van der Waals surface area contributed by atoms with Crippen molar-refractivity contribution in [3.63, 3.8) is 0 Å². The van der Waals surface area contributed by atoms with Gasteiger partial charge in [-0.1, -0.05) is 18.2 Å². The first kappa shape index (κ1) is 19.6. The number of hydrogen-bond acceptors (Lipinski definition) is 4. The number of ether oxygens (including phenoxy) is 2. The first-order chi connectivity index (χ1) is 11.7. The zero-order valence-electron chi connectivity index (χ0n) is 14.9. The van der Waals surface area contributed by atoms with Gasteiger partial charge in [0.2, 0.25) is 0 Å². The lowest BCUT2D eigenvalue weighted by Gasteiger charge is -2.28. The number of fused-ring (bicyclic) bond motifs is 2. The second-order valence-electron chi connectivity index (χ2n) is 6.38. The Morgan fingerprint density at radius 2 is 2.08 bits per heavy atom. The van der Waals surface area contributed by atoms with E-state index < -0.39 is 0 Å². The molecule has 2 unspecified atom stereocenters. The molecule has 2 bridgehead atoms. The number of hydrogen-bond donors (Lipinski definition) is 1. The zero-order valence-corrected chi connectivity index (χ0v) is 15.7. The SMILES string of the molecule is C/C=C/c1ccc(OCC(=O)N2C3CCNCC2CC3)c(OC)c1.Cl. The number of amides is 1. The van der Waals surface area contributed by atoms with E-state index in [2.05, 4.69) is 5.32 Å². The van der Waals surface area contributed by atoms with Crippen LogP contribution in [0.15, 0.2) is 24.3 Å². The molecule has 3 rings (SSSR count). The summed E-state index contributed by atoms with van der Waals surface area (Å²) in [5, 5.41) is 3.41. The first-order valence-electron chi connectivity index (χ1n) is 8.68. The Hall–Kier alpha value is -1.72. The van der Waals surface area contributed by atoms with Crippen molar-refractivity contribution in [2.75, 3.05) is 26.8 Å². The lowest BCUT2D eigenvalue weighted by molar-refractivity contribution is -0.136. The van der Waals surface area contributed by atoms with Crippen molar-refractivity contribution < 1.29 is 14.3 Å². The molecule has 0 saturated carbocycles. The molecule has 2 fully saturated rings. The predicted octanol–water partition coefficient (Wildman–Crippen LogP) is 2.88. The van der Waals surface area contributed by atoms with E-state index in [1.807, 2.05) is 42.2 Å². The van der Waals surface area contributed by atoms with E-state index in [9.17, 15) is 4.79 Å². The molecule has 1 N–H and O–H groups in total. The Morgan fingerprint density at radius 3 is 2.84 bits per heavy atom. The zero-order chi connectivity index (χ0) is 16.9. The minimum atomic E-state index is 0. The highest BCUT2D eigenvalue weighted by Gasteiger charge is 2.37. The Labute approximate surface area is 155 Å². The molecule has 1 aromatic rings. The van der Waals surface area contributed by atoms with E-state index in [4.69, 9.17) is 9.47 Å². The fourth-order valence-corrected chi connectivity index (χ4v) is 3.70. The van der Waals surface area contributed by atoms with Crippen LogP contribution < -0.4 is 14.8 Å². The van der Waals surface area contributed by atoms with Gasteiger partial charge in [-0.3, -0.25) is 4.79 Å². The van der Waals surface area contributed by atoms with Crippen molar-refractivity contribution >= 4 is 24.4 Å². The molecule has 138 valence electrons. The summed E-state index contributed by atoms with van der Waals surface area (Å²) < 4.78 is 11.2. The van der Waals surface area contributed by atoms with Crippen LogP contribution in [0.2, 0.25) is 0 Å². The monoisotopic (exact) mass is 366 g/mol. The van der Waals surface area contributed by atoms with Gasteiger partial charge in [0.05, 0.1) is 7.11 Å². The van der Waals surface area contributed by atoms with E-state index >= 15 is 0 Å². The number of halogens is 1. The Balaban J connectivity index is 0.00000225. The van der Waals surface area contributed by atoms with Gasteiger partial charge in [0.15, 0.2) is 18.1 Å². The van der Waals surface area contributed by atoms with Gasteiger partial charge in [-0.15, -0.1) is 12.4 Å². The molecule has 6 heteroatoms. The number of methoxy groups -OCH3 is 1. The van der Waals surface area contributed by atoms with Crippen molar-refractivity contribution in [2.24, 2.45) is 0 Å². The van der Waals surface area contributed by atoms with Gasteiger partial charge < -0.3 is 19.7 Å². The third-order valence-corrected chi connectivity index (χ3v) is 4.84. The maximum absolute atomic E-state index is 12.7. The van der Waals surface area contributed by atoms with Crippen LogP contribution in [0.4, 0.5) is 0 Å². The number of benzene rings is 1. The second kappa shape index (κ2) is 9.11. The van der Waals surface area contributed by atoms with E-state index in [1.54, 1.807) is 7.11 Å². The molecule has 25 heavy (non-hydrogen) atoms. The lowest BCUT2D eigenvalue weighted by atomic mass is 10.1. The van der Waals surface area contributed by atoms with Crippen molar-refractivity contribution in [3.05, 3.63) is 29.8 Å². The summed E-state index contributed by atoms with van der Waals surface area (Å²) in [5.41, 5.74) is 1.05. The van der Waals surface area contributed by atoms with Crippen LogP contribution in [0.1, 0.15) is 31.7 Å². The minimum absolute atomic E-state index is 0. The predicted molar refractivity (Wildman–Crippen MR) is 102 cm³/mol. The molecule has 2 heterocycles. The van der Waals surface area contributed by atoms with Gasteiger partial charge in [0.1, 0.15) is 0 Å². The largest absolute Gasteiger partial charge is 0.493 e. The van der Waals surface area contributed by atoms with Crippen molar-refractivity contribution in [2.45, 2.75) is 38.3 Å². The van der Waals surface area contributed by atoms with Gasteiger partial charge in [-0.2, -0.15) is 0 Å². The van der Waals surface area contributed by atoms with Crippen LogP contribution in [0, 0.1) is 0 Å². The average Bonchev–Trinajstić information content (AvgIpc) is 2.86. The molecular formula is C19H27ClN2O3. The molecule has 0 aromatic heterocycles. The smallest absolute Gasteiger partial charge is 0.261 e. The molecule has 2 saturated heterocycles. The van der Waals surface area contributed by atoms with Crippen molar-refractivity contribution in [1.29, 1.82) is 0 Å². The topological polar surface area (TPSA) is 50.8 Å². The fourth-order valence-electron chi connectivity index (χ4n) is 3.70. The van der Waals surface area contributed by atoms with Crippen LogP contribution in [-0.2, 0) is 4.79 Å². The Kier molecular flexibility index (Phi) is 7.14. The molecular weight excluding hydrogens is 340 g/mol. The molecule has 2 aliphatic rings. The second-order valence-corrected chi connectivity index (χ2v) is 6.38. The number of allylic oxidation sites excluding steroid dienone is 1. The van der Waals surface area contributed by atoms with Crippen LogP contribution in [-0.4, -0.2) is 49.7 Å². The third-order valence-electron chi connectivity index (χ3n) is 4.84. The molecule has 2 aliphatic heterocycles. The molecule has 0 spiro atoms. The molecule has 1 amide bonds. The fraction of sp³-hybridized carbons (Fsp3) is 0.526. The van der Waals surface area contributed by atoms with Crippen LogP contribution in [0.5, 0.6) is 11.5 Å². The van der Waals surface area contributed by atoms with Crippen LogP contribution in [0.3, 0.4) is 0 Å². The number of carbonyl (C=O) groups excluding carboxylic acids is 1. The summed E-state index contributed by atoms with van der Waals surface area (Å²) >= 11 is 0. The molecule has 0 aliphatic carbocycles. The molecule has 1 aromatic carbocycles. The normalized spacial score (nSPS) is 22.4. The van der Waals surface area contributed by atoms with Gasteiger partial charge >= 0.3 is 0 Å². The Morgan fingerprint density at radius 1 is 1.28 bits per heavy atom. The van der Waals surface area contributed by atoms with Gasteiger partial charge in [0.25, 0.3) is 5.91 Å². The Bertz CT molecular complexity index is 607. The van der Waals surface area contributed by atoms with Crippen molar-refractivity contribution in [3.8, 4) is 11.5 Å². The molecule has 5 nitrogen and oxygen atoms in total.